The third-order valence-electron chi connectivity index (χ3n) is 3.01. The average Bonchev–Trinajstić information content (AvgIpc) is 2.97. The van der Waals surface area contributed by atoms with Crippen LogP contribution in [0.3, 0.4) is 0 Å². The molecule has 22 heavy (non-hydrogen) atoms. The summed E-state index contributed by atoms with van der Waals surface area (Å²) in [4.78, 5) is 20.6. The van der Waals surface area contributed by atoms with Crippen LogP contribution in [0.1, 0.15) is 5.56 Å². The second-order valence-electron chi connectivity index (χ2n) is 4.61. The summed E-state index contributed by atoms with van der Waals surface area (Å²) in [5.74, 6) is 0.276. The van der Waals surface area contributed by atoms with E-state index in [-0.39, 0.29) is 5.91 Å². The molecule has 0 spiro atoms. The van der Waals surface area contributed by atoms with E-state index in [1.54, 1.807) is 11.3 Å². The van der Waals surface area contributed by atoms with Crippen molar-refractivity contribution in [2.45, 2.75) is 11.9 Å². The Balaban J connectivity index is 1.66. The van der Waals surface area contributed by atoms with Crippen LogP contribution < -0.4 is 5.32 Å². The first-order valence-corrected chi connectivity index (χ1v) is 9.16. The van der Waals surface area contributed by atoms with Gasteiger partial charge in [-0.2, -0.15) is 0 Å². The molecule has 2 aromatic heterocycles. The predicted octanol–water partition coefficient (Wildman–Crippen LogP) is 4.49. The van der Waals surface area contributed by atoms with Crippen LogP contribution >= 0.6 is 39.0 Å². The van der Waals surface area contributed by atoms with Gasteiger partial charge in [0, 0.05) is 10.2 Å². The molecular weight excluding hydrogens is 382 g/mol. The maximum atomic E-state index is 12.1. The second-order valence-corrected chi connectivity index (χ2v) is 7.41. The lowest BCUT2D eigenvalue weighted by atomic mass is 10.2. The summed E-state index contributed by atoms with van der Waals surface area (Å²) in [7, 11) is 0. The highest BCUT2D eigenvalue weighted by Gasteiger charge is 2.10. The molecule has 0 bridgehead atoms. The minimum Gasteiger partial charge on any atom is -0.325 e. The molecule has 0 aliphatic carbocycles. The fourth-order valence-electron chi connectivity index (χ4n) is 1.96. The minimum atomic E-state index is -0.0428. The third kappa shape index (κ3) is 3.48. The highest BCUT2D eigenvalue weighted by molar-refractivity contribution is 9.10. The molecule has 4 nitrogen and oxygen atoms in total. The van der Waals surface area contributed by atoms with Crippen molar-refractivity contribution in [2.75, 3.05) is 11.1 Å². The summed E-state index contributed by atoms with van der Waals surface area (Å²) in [5.41, 5.74) is 2.78. The van der Waals surface area contributed by atoms with E-state index in [2.05, 4.69) is 31.2 Å². The Hall–Kier alpha value is -1.44. The van der Waals surface area contributed by atoms with E-state index in [1.807, 2.05) is 36.6 Å². The Labute approximate surface area is 144 Å². The van der Waals surface area contributed by atoms with E-state index >= 15 is 0 Å². The first-order valence-electron chi connectivity index (χ1n) is 6.50. The molecule has 2 heterocycles. The summed E-state index contributed by atoms with van der Waals surface area (Å²) in [6.07, 6.45) is 1.54. The molecule has 1 N–H and O–H groups in total. The number of thioether (sulfide) groups is 1. The lowest BCUT2D eigenvalue weighted by Crippen LogP contribution is -2.14. The Kier molecular flexibility index (Phi) is 4.75. The number of rotatable bonds is 4. The summed E-state index contributed by atoms with van der Waals surface area (Å²) in [6.45, 7) is 1.97. The van der Waals surface area contributed by atoms with Gasteiger partial charge in [0.1, 0.15) is 11.4 Å². The Morgan fingerprint density at radius 1 is 1.36 bits per heavy atom. The lowest BCUT2D eigenvalue weighted by Gasteiger charge is -2.08. The third-order valence-corrected chi connectivity index (χ3v) is 5.54. The predicted molar refractivity (Wildman–Crippen MR) is 95.6 cm³/mol. The van der Waals surface area contributed by atoms with Crippen molar-refractivity contribution in [1.29, 1.82) is 0 Å². The van der Waals surface area contributed by atoms with E-state index < -0.39 is 0 Å². The van der Waals surface area contributed by atoms with Crippen molar-refractivity contribution >= 4 is 60.8 Å². The van der Waals surface area contributed by atoms with Crippen LogP contribution in [-0.4, -0.2) is 21.6 Å². The van der Waals surface area contributed by atoms with Crippen LogP contribution in [0.25, 0.3) is 10.2 Å². The summed E-state index contributed by atoms with van der Waals surface area (Å²) in [6, 6.07) is 7.73. The van der Waals surface area contributed by atoms with Gasteiger partial charge in [0.15, 0.2) is 0 Å². The largest absolute Gasteiger partial charge is 0.325 e. The first-order chi connectivity index (χ1) is 10.6. The summed E-state index contributed by atoms with van der Waals surface area (Å²) >= 11 is 6.43. The topological polar surface area (TPSA) is 54.9 Å². The molecule has 0 aliphatic heterocycles. The molecule has 3 aromatic rings. The van der Waals surface area contributed by atoms with Crippen molar-refractivity contribution < 1.29 is 4.79 Å². The highest BCUT2D eigenvalue weighted by atomic mass is 79.9. The van der Waals surface area contributed by atoms with Crippen LogP contribution in [0.4, 0.5) is 5.69 Å². The number of hydrogen-bond acceptors (Lipinski definition) is 5. The molecule has 1 amide bonds. The smallest absolute Gasteiger partial charge is 0.234 e. The van der Waals surface area contributed by atoms with Crippen molar-refractivity contribution in [3.05, 3.63) is 46.0 Å². The Morgan fingerprint density at radius 2 is 2.23 bits per heavy atom. The lowest BCUT2D eigenvalue weighted by molar-refractivity contribution is -0.113. The fraction of sp³-hybridized carbons (Fsp3) is 0.133. The maximum Gasteiger partial charge on any atom is 0.234 e. The van der Waals surface area contributed by atoms with Gasteiger partial charge in [0.2, 0.25) is 5.91 Å². The first kappa shape index (κ1) is 15.5. The number of amides is 1. The monoisotopic (exact) mass is 393 g/mol. The molecule has 3 rings (SSSR count). The number of aryl methyl sites for hydroxylation is 1. The normalized spacial score (nSPS) is 10.8. The van der Waals surface area contributed by atoms with E-state index in [0.717, 1.165) is 31.0 Å². The number of aromatic nitrogens is 2. The van der Waals surface area contributed by atoms with E-state index in [9.17, 15) is 4.79 Å². The number of nitrogens with zero attached hydrogens (tertiary/aromatic N) is 2. The van der Waals surface area contributed by atoms with Gasteiger partial charge in [0.05, 0.1) is 16.0 Å². The van der Waals surface area contributed by atoms with Crippen LogP contribution in [0, 0.1) is 6.92 Å². The van der Waals surface area contributed by atoms with E-state index in [4.69, 9.17) is 0 Å². The molecule has 0 aliphatic rings. The van der Waals surface area contributed by atoms with Gasteiger partial charge in [-0.3, -0.25) is 4.79 Å². The SMILES string of the molecule is Cc1cc(Br)ccc1NC(=O)CSc1ncnc2ccsc12. The van der Waals surface area contributed by atoms with E-state index in [0.29, 0.717) is 5.75 Å². The number of thiophene rings is 1. The summed E-state index contributed by atoms with van der Waals surface area (Å²) < 4.78 is 2.03. The fourth-order valence-corrected chi connectivity index (χ4v) is 4.18. The molecule has 1 aromatic carbocycles. The zero-order valence-electron chi connectivity index (χ0n) is 11.7. The quantitative estimate of drug-likeness (QED) is 0.523. The van der Waals surface area contributed by atoms with Crippen LogP contribution in [0.15, 0.2) is 45.5 Å². The van der Waals surface area contributed by atoms with Crippen molar-refractivity contribution in [3.63, 3.8) is 0 Å². The number of benzene rings is 1. The zero-order valence-corrected chi connectivity index (χ0v) is 14.9. The molecule has 0 saturated heterocycles. The number of fused-ring (bicyclic) bond motifs is 1. The molecule has 0 saturated carbocycles. The average molecular weight is 394 g/mol. The molecule has 0 unspecified atom stereocenters. The molecule has 0 fully saturated rings. The summed E-state index contributed by atoms with van der Waals surface area (Å²) in [5, 5.41) is 5.76. The number of anilines is 1. The van der Waals surface area contributed by atoms with Crippen molar-refractivity contribution in [3.8, 4) is 0 Å². The van der Waals surface area contributed by atoms with Gasteiger partial charge in [-0.05, 0) is 42.1 Å². The number of nitrogens with one attached hydrogen (secondary N) is 1. The maximum absolute atomic E-state index is 12.1. The van der Waals surface area contributed by atoms with Gasteiger partial charge in [0.25, 0.3) is 0 Å². The molecule has 112 valence electrons. The molecular formula is C15H12BrN3OS2. The molecule has 0 atom stereocenters. The van der Waals surface area contributed by atoms with Gasteiger partial charge in [-0.25, -0.2) is 9.97 Å². The minimum absolute atomic E-state index is 0.0428. The standard InChI is InChI=1S/C15H12BrN3OS2/c1-9-6-10(16)2-3-11(9)19-13(20)7-22-15-14-12(4-5-21-14)17-8-18-15/h2-6,8H,7H2,1H3,(H,19,20). The Morgan fingerprint density at radius 3 is 3.05 bits per heavy atom. The van der Waals surface area contributed by atoms with Crippen LogP contribution in [-0.2, 0) is 4.79 Å². The van der Waals surface area contributed by atoms with Crippen LogP contribution in [0.5, 0.6) is 0 Å². The molecule has 0 radical (unpaired) electrons. The highest BCUT2D eigenvalue weighted by Crippen LogP contribution is 2.28. The number of halogens is 1. The van der Waals surface area contributed by atoms with Crippen LogP contribution in [0.2, 0.25) is 0 Å². The second kappa shape index (κ2) is 6.76. The van der Waals surface area contributed by atoms with Crippen molar-refractivity contribution in [1.82, 2.24) is 9.97 Å². The number of carbonyl (C=O) groups is 1. The number of hydrogen-bond donors (Lipinski definition) is 1. The Bertz CT molecular complexity index is 835. The zero-order chi connectivity index (χ0) is 15.5. The number of carbonyl (C=O) groups excluding carboxylic acids is 1. The van der Waals surface area contributed by atoms with Gasteiger partial charge < -0.3 is 5.32 Å². The molecule has 7 heteroatoms. The van der Waals surface area contributed by atoms with Gasteiger partial charge in [-0.1, -0.05) is 27.7 Å². The van der Waals surface area contributed by atoms with E-state index in [1.165, 1.54) is 18.1 Å². The van der Waals surface area contributed by atoms with Crippen molar-refractivity contribution in [2.24, 2.45) is 0 Å². The van der Waals surface area contributed by atoms with Gasteiger partial charge >= 0.3 is 0 Å². The van der Waals surface area contributed by atoms with Gasteiger partial charge in [-0.15, -0.1) is 11.3 Å².